The van der Waals surface area contributed by atoms with Gasteiger partial charge in [0.05, 0.1) is 59.5 Å². The maximum Gasteiger partial charge on any atom is 0.217 e. The van der Waals surface area contributed by atoms with Crippen molar-refractivity contribution in [3.8, 4) is 28.0 Å². The maximum atomic E-state index is 11.6. The van der Waals surface area contributed by atoms with Crippen molar-refractivity contribution in [2.45, 2.75) is 57.8 Å². The summed E-state index contributed by atoms with van der Waals surface area (Å²) in [6.07, 6.45) is 5.02. The molecule has 0 aliphatic carbocycles. The summed E-state index contributed by atoms with van der Waals surface area (Å²) in [6, 6.07) is 10.5. The number of carbonyl (C=O) groups excluding carboxylic acids is 1. The molecule has 0 spiro atoms. The second kappa shape index (κ2) is 10.2. The molecule has 3 atom stereocenters. The number of aromatic nitrogens is 5. The zero-order valence-electron chi connectivity index (χ0n) is 22.0. The van der Waals surface area contributed by atoms with E-state index in [1.54, 1.807) is 35.0 Å². The average Bonchev–Trinajstić information content (AvgIpc) is 3.54. The van der Waals surface area contributed by atoms with Crippen molar-refractivity contribution in [1.29, 1.82) is 5.26 Å². The van der Waals surface area contributed by atoms with Crippen LogP contribution in [0.25, 0.3) is 27.5 Å². The predicted octanol–water partition coefficient (Wildman–Crippen LogP) is 3.48. The number of nitriles is 1. The summed E-state index contributed by atoms with van der Waals surface area (Å²) < 4.78 is 7.64. The van der Waals surface area contributed by atoms with Crippen LogP contribution in [0.5, 0.6) is 0 Å². The van der Waals surface area contributed by atoms with Crippen LogP contribution in [0.2, 0.25) is 0 Å². The molecule has 2 saturated heterocycles. The standard InChI is InChI=1S/C27H29N9O2S/c1-15(2)31-23-9-24(25-5-4-19-6-17(10-28)11-30-36(19)25)29-12-22(23)26-33-34-27(39-26)35-20-7-18(32-16(3)37)8-21(35)14-38-13-20/h4-6,9,11-12,15,18,20-21H,7-8,13-14H2,1-3H3,(H,29,31)(H,32,37)/t18?,20-,21+. The Morgan fingerprint density at radius 1 is 1.18 bits per heavy atom. The summed E-state index contributed by atoms with van der Waals surface area (Å²) in [4.78, 5) is 18.7. The van der Waals surface area contributed by atoms with E-state index < -0.39 is 0 Å². The van der Waals surface area contributed by atoms with E-state index in [9.17, 15) is 10.1 Å². The molecule has 0 aromatic carbocycles. The number of fused-ring (bicyclic) bond motifs is 3. The Balaban J connectivity index is 1.32. The molecule has 200 valence electrons. The molecule has 6 rings (SSSR count). The molecule has 4 aromatic heterocycles. The minimum atomic E-state index is 0.00242. The quantitative estimate of drug-likeness (QED) is 0.375. The van der Waals surface area contributed by atoms with Crippen LogP contribution in [0.1, 0.15) is 39.2 Å². The van der Waals surface area contributed by atoms with Crippen molar-refractivity contribution >= 4 is 33.6 Å². The molecule has 39 heavy (non-hydrogen) atoms. The number of rotatable bonds is 6. The molecule has 2 N–H and O–H groups in total. The van der Waals surface area contributed by atoms with Gasteiger partial charge >= 0.3 is 0 Å². The summed E-state index contributed by atoms with van der Waals surface area (Å²) >= 11 is 1.55. The van der Waals surface area contributed by atoms with E-state index in [-0.39, 0.29) is 30.1 Å². The van der Waals surface area contributed by atoms with Crippen molar-refractivity contribution in [2.75, 3.05) is 23.4 Å². The lowest BCUT2D eigenvalue weighted by atomic mass is 9.90. The Kier molecular flexibility index (Phi) is 6.62. The zero-order valence-corrected chi connectivity index (χ0v) is 22.8. The number of amides is 1. The lowest BCUT2D eigenvalue weighted by Crippen LogP contribution is -2.61. The van der Waals surface area contributed by atoms with E-state index >= 15 is 0 Å². The highest BCUT2D eigenvalue weighted by Crippen LogP contribution is 2.39. The summed E-state index contributed by atoms with van der Waals surface area (Å²) in [6.45, 7) is 6.96. The van der Waals surface area contributed by atoms with E-state index in [4.69, 9.17) is 9.72 Å². The van der Waals surface area contributed by atoms with Gasteiger partial charge in [-0.05, 0) is 51.0 Å². The van der Waals surface area contributed by atoms with Crippen molar-refractivity contribution in [3.05, 3.63) is 42.2 Å². The number of morpholine rings is 1. The van der Waals surface area contributed by atoms with E-state index in [2.05, 4.69) is 50.7 Å². The Morgan fingerprint density at radius 3 is 2.69 bits per heavy atom. The highest BCUT2D eigenvalue weighted by atomic mass is 32.1. The summed E-state index contributed by atoms with van der Waals surface area (Å²) in [5.41, 5.74) is 4.73. The fourth-order valence-corrected chi connectivity index (χ4v) is 6.52. The molecule has 0 saturated carbocycles. The molecule has 12 heteroatoms. The number of nitrogens with zero attached hydrogens (tertiary/aromatic N) is 7. The minimum absolute atomic E-state index is 0.00242. The molecule has 4 aromatic rings. The smallest absolute Gasteiger partial charge is 0.217 e. The molecular formula is C27H29N9O2S. The van der Waals surface area contributed by atoms with Crippen molar-refractivity contribution in [3.63, 3.8) is 0 Å². The van der Waals surface area contributed by atoms with Crippen molar-refractivity contribution < 1.29 is 9.53 Å². The third-order valence-corrected chi connectivity index (χ3v) is 8.00. The Labute approximate surface area is 229 Å². The van der Waals surface area contributed by atoms with Gasteiger partial charge in [-0.15, -0.1) is 10.2 Å². The molecule has 11 nitrogen and oxygen atoms in total. The fourth-order valence-electron chi connectivity index (χ4n) is 5.51. The highest BCUT2D eigenvalue weighted by molar-refractivity contribution is 7.18. The van der Waals surface area contributed by atoms with Gasteiger partial charge in [0.2, 0.25) is 11.0 Å². The van der Waals surface area contributed by atoms with Crippen LogP contribution in [-0.4, -0.2) is 68.1 Å². The minimum Gasteiger partial charge on any atom is -0.382 e. The van der Waals surface area contributed by atoms with Crippen LogP contribution in [0.4, 0.5) is 10.8 Å². The number of piperidine rings is 1. The molecule has 1 amide bonds. The molecule has 2 aliphatic heterocycles. The number of hydrogen-bond acceptors (Lipinski definition) is 10. The Bertz CT molecular complexity index is 1560. The van der Waals surface area contributed by atoms with Gasteiger partial charge in [-0.3, -0.25) is 9.78 Å². The monoisotopic (exact) mass is 543 g/mol. The average molecular weight is 544 g/mol. The number of anilines is 2. The zero-order chi connectivity index (χ0) is 27.1. The molecule has 2 fully saturated rings. The maximum absolute atomic E-state index is 11.6. The van der Waals surface area contributed by atoms with Crippen LogP contribution in [-0.2, 0) is 9.53 Å². The van der Waals surface area contributed by atoms with Crippen LogP contribution < -0.4 is 15.5 Å². The molecule has 1 unspecified atom stereocenters. The van der Waals surface area contributed by atoms with Crippen LogP contribution >= 0.6 is 11.3 Å². The third-order valence-electron chi connectivity index (χ3n) is 7.03. The summed E-state index contributed by atoms with van der Waals surface area (Å²) in [5, 5.41) is 31.1. The van der Waals surface area contributed by atoms with Gasteiger partial charge in [0.25, 0.3) is 0 Å². The largest absolute Gasteiger partial charge is 0.382 e. The fraction of sp³-hybridized carbons (Fsp3) is 0.407. The lowest BCUT2D eigenvalue weighted by Gasteiger charge is -2.48. The summed E-state index contributed by atoms with van der Waals surface area (Å²) in [5.74, 6) is 0.00242. The van der Waals surface area contributed by atoms with Gasteiger partial charge in [-0.2, -0.15) is 10.4 Å². The SMILES string of the molecule is CC(=O)NC1C[C@H]2COC[C@@H](C1)N2c1nnc(-c2cnc(-c3ccc4cc(C#N)cnn34)cc2NC(C)C)s1. The number of pyridine rings is 1. The number of ether oxygens (including phenoxy) is 1. The number of nitrogens with one attached hydrogen (secondary N) is 2. The first-order chi connectivity index (χ1) is 18.9. The Hall–Kier alpha value is -4.08. The second-order valence-corrected chi connectivity index (χ2v) is 11.3. The molecule has 2 aliphatic rings. The van der Waals surface area contributed by atoms with Gasteiger partial charge in [0.15, 0.2) is 5.01 Å². The Morgan fingerprint density at radius 2 is 1.97 bits per heavy atom. The van der Waals surface area contributed by atoms with E-state index in [0.29, 0.717) is 18.8 Å². The first-order valence-corrected chi connectivity index (χ1v) is 13.8. The van der Waals surface area contributed by atoms with Crippen molar-refractivity contribution in [1.82, 2.24) is 30.1 Å². The van der Waals surface area contributed by atoms with Gasteiger partial charge in [-0.25, -0.2) is 4.52 Å². The van der Waals surface area contributed by atoms with Gasteiger partial charge in [0.1, 0.15) is 6.07 Å². The highest BCUT2D eigenvalue weighted by Gasteiger charge is 2.41. The van der Waals surface area contributed by atoms with Gasteiger partial charge in [0, 0.05) is 30.9 Å². The second-order valence-electron chi connectivity index (χ2n) is 10.3. The van der Waals surface area contributed by atoms with Crippen LogP contribution in [0.15, 0.2) is 36.7 Å². The first kappa shape index (κ1) is 25.2. The third kappa shape index (κ3) is 4.91. The molecule has 0 radical (unpaired) electrons. The molecule has 6 heterocycles. The topological polar surface area (TPSA) is 133 Å². The normalized spacial score (nSPS) is 20.7. The van der Waals surface area contributed by atoms with E-state index in [1.165, 1.54) is 0 Å². The number of hydrogen-bond donors (Lipinski definition) is 2. The predicted molar refractivity (Wildman–Crippen MR) is 149 cm³/mol. The first-order valence-electron chi connectivity index (χ1n) is 13.0. The summed E-state index contributed by atoms with van der Waals surface area (Å²) in [7, 11) is 0. The van der Waals surface area contributed by atoms with Crippen LogP contribution in [0.3, 0.4) is 0 Å². The lowest BCUT2D eigenvalue weighted by molar-refractivity contribution is -0.120. The van der Waals surface area contributed by atoms with Crippen LogP contribution in [0, 0.1) is 11.3 Å². The van der Waals surface area contributed by atoms with E-state index in [1.807, 2.05) is 24.4 Å². The molecular weight excluding hydrogens is 514 g/mol. The van der Waals surface area contributed by atoms with E-state index in [0.717, 1.165) is 51.1 Å². The van der Waals surface area contributed by atoms with Gasteiger partial charge < -0.3 is 20.3 Å². The van der Waals surface area contributed by atoms with Gasteiger partial charge in [-0.1, -0.05) is 11.3 Å². The van der Waals surface area contributed by atoms with Crippen molar-refractivity contribution in [2.24, 2.45) is 0 Å². The number of carbonyl (C=O) groups is 1. The molecule has 2 bridgehead atoms.